The first-order valence-electron chi connectivity index (χ1n) is 11.4. The van der Waals surface area contributed by atoms with Crippen LogP contribution in [0.4, 0.5) is 5.82 Å². The lowest BCUT2D eigenvalue weighted by molar-refractivity contribution is 0.0231. The van der Waals surface area contributed by atoms with Crippen molar-refractivity contribution in [2.45, 2.75) is 31.3 Å². The number of rotatable bonds is 4. The predicted octanol–water partition coefficient (Wildman–Crippen LogP) is 4.17. The molecule has 3 aromatic heterocycles. The zero-order chi connectivity index (χ0) is 23.8. The van der Waals surface area contributed by atoms with Crippen LogP contribution >= 0.6 is 11.6 Å². The standard InChI is InChI=1S/C25H21ClN6O3/c26-17-4-1-5-20-23(17)19(33)14-25(35-20)8-11-32(12-9-25)21-7-6-18(28-29-21)24-31-30-22(34-24)13-16-3-2-10-27-15-16/h1-7,10,15H,8-9,11-14H2. The smallest absolute Gasteiger partial charge is 0.268 e. The van der Waals surface area contributed by atoms with Crippen LogP contribution in [-0.2, 0) is 6.42 Å². The van der Waals surface area contributed by atoms with Crippen molar-refractivity contribution in [3.05, 3.63) is 76.9 Å². The third-order valence-corrected chi connectivity index (χ3v) is 6.79. The summed E-state index contributed by atoms with van der Waals surface area (Å²) >= 11 is 6.22. The molecule has 5 heterocycles. The minimum Gasteiger partial charge on any atom is -0.486 e. The van der Waals surface area contributed by atoms with Gasteiger partial charge in [-0.15, -0.1) is 20.4 Å². The normalized spacial score (nSPS) is 16.7. The molecular weight excluding hydrogens is 468 g/mol. The van der Waals surface area contributed by atoms with Crippen LogP contribution in [0.3, 0.4) is 0 Å². The van der Waals surface area contributed by atoms with Crippen LogP contribution < -0.4 is 9.64 Å². The Hall–Kier alpha value is -3.85. The lowest BCUT2D eigenvalue weighted by Crippen LogP contribution is -2.51. The SMILES string of the molecule is O=C1CC2(CCN(c3ccc(-c4nnc(Cc5cccnc5)o4)nn3)CC2)Oc2cccc(Cl)c21. The van der Waals surface area contributed by atoms with E-state index in [9.17, 15) is 4.79 Å². The summed E-state index contributed by atoms with van der Waals surface area (Å²) in [6, 6.07) is 12.9. The summed E-state index contributed by atoms with van der Waals surface area (Å²) in [6.07, 6.45) is 5.73. The topological polar surface area (TPSA) is 107 Å². The fourth-order valence-corrected chi connectivity index (χ4v) is 4.92. The molecule has 1 spiro atoms. The van der Waals surface area contributed by atoms with E-state index in [1.54, 1.807) is 18.5 Å². The van der Waals surface area contributed by atoms with E-state index in [4.69, 9.17) is 20.8 Å². The Morgan fingerprint density at radius 1 is 1.00 bits per heavy atom. The summed E-state index contributed by atoms with van der Waals surface area (Å²) in [7, 11) is 0. The fourth-order valence-electron chi connectivity index (χ4n) is 4.65. The molecule has 6 rings (SSSR count). The molecule has 0 amide bonds. The number of benzene rings is 1. The Morgan fingerprint density at radius 3 is 2.66 bits per heavy atom. The van der Waals surface area contributed by atoms with Gasteiger partial charge < -0.3 is 14.1 Å². The quantitative estimate of drug-likeness (QED) is 0.418. The van der Waals surface area contributed by atoms with Gasteiger partial charge in [-0.25, -0.2) is 0 Å². The average Bonchev–Trinajstić information content (AvgIpc) is 3.33. The minimum absolute atomic E-state index is 0.0388. The number of carbonyl (C=O) groups is 1. The zero-order valence-corrected chi connectivity index (χ0v) is 19.5. The van der Waals surface area contributed by atoms with Gasteiger partial charge >= 0.3 is 0 Å². The second-order valence-corrected chi connectivity index (χ2v) is 9.21. The van der Waals surface area contributed by atoms with Gasteiger partial charge in [0.05, 0.1) is 23.4 Å². The molecule has 0 atom stereocenters. The number of hydrogen-bond donors (Lipinski definition) is 0. The number of pyridine rings is 1. The molecule has 0 N–H and O–H groups in total. The lowest BCUT2D eigenvalue weighted by atomic mass is 9.82. The number of ether oxygens (including phenoxy) is 1. The van der Waals surface area contributed by atoms with Gasteiger partial charge in [0.1, 0.15) is 17.0 Å². The highest BCUT2D eigenvalue weighted by Gasteiger charge is 2.43. The Morgan fingerprint density at radius 2 is 1.89 bits per heavy atom. The first-order valence-corrected chi connectivity index (χ1v) is 11.8. The van der Waals surface area contributed by atoms with Crippen LogP contribution in [-0.4, -0.2) is 49.9 Å². The number of ketones is 1. The summed E-state index contributed by atoms with van der Waals surface area (Å²) < 4.78 is 12.1. The van der Waals surface area contributed by atoms with E-state index in [1.165, 1.54) is 0 Å². The van der Waals surface area contributed by atoms with Crippen LogP contribution in [0.25, 0.3) is 11.6 Å². The molecule has 1 aromatic carbocycles. The van der Waals surface area contributed by atoms with Crippen LogP contribution in [0.1, 0.15) is 41.1 Å². The summed E-state index contributed by atoms with van der Waals surface area (Å²) in [5.41, 5.74) is 1.49. The molecule has 2 aliphatic rings. The molecule has 4 aromatic rings. The molecule has 0 bridgehead atoms. The number of carbonyl (C=O) groups excluding carboxylic acids is 1. The lowest BCUT2D eigenvalue weighted by Gasteiger charge is -2.44. The molecule has 35 heavy (non-hydrogen) atoms. The van der Waals surface area contributed by atoms with E-state index in [-0.39, 0.29) is 5.78 Å². The van der Waals surface area contributed by atoms with E-state index in [2.05, 4.69) is 30.3 Å². The number of hydrogen-bond acceptors (Lipinski definition) is 9. The van der Waals surface area contributed by atoms with Crippen molar-refractivity contribution in [1.29, 1.82) is 0 Å². The monoisotopic (exact) mass is 488 g/mol. The zero-order valence-electron chi connectivity index (χ0n) is 18.7. The maximum absolute atomic E-state index is 12.8. The summed E-state index contributed by atoms with van der Waals surface area (Å²) in [5, 5.41) is 17.3. The second kappa shape index (κ2) is 8.74. The van der Waals surface area contributed by atoms with E-state index < -0.39 is 5.60 Å². The number of piperidine rings is 1. The Bertz CT molecular complexity index is 1370. The molecule has 1 saturated heterocycles. The summed E-state index contributed by atoms with van der Waals surface area (Å²) in [5.74, 6) is 2.19. The van der Waals surface area contributed by atoms with Crippen LogP contribution in [0, 0.1) is 0 Å². The average molecular weight is 489 g/mol. The van der Waals surface area contributed by atoms with Gasteiger partial charge in [0.25, 0.3) is 5.89 Å². The highest BCUT2D eigenvalue weighted by molar-refractivity contribution is 6.34. The van der Waals surface area contributed by atoms with E-state index in [1.807, 2.05) is 36.4 Å². The summed E-state index contributed by atoms with van der Waals surface area (Å²) in [4.78, 5) is 19.0. The molecular formula is C25H21ClN6O3. The van der Waals surface area contributed by atoms with Crippen molar-refractivity contribution in [3.8, 4) is 17.3 Å². The molecule has 9 nitrogen and oxygen atoms in total. The van der Waals surface area contributed by atoms with Gasteiger partial charge in [-0.1, -0.05) is 23.7 Å². The largest absolute Gasteiger partial charge is 0.486 e. The van der Waals surface area contributed by atoms with Gasteiger partial charge in [0, 0.05) is 38.3 Å². The molecule has 0 radical (unpaired) electrons. The van der Waals surface area contributed by atoms with Gasteiger partial charge in [0.2, 0.25) is 5.89 Å². The Labute approximate surface area is 206 Å². The maximum Gasteiger partial charge on any atom is 0.268 e. The van der Waals surface area contributed by atoms with Gasteiger partial charge in [-0.2, -0.15) is 0 Å². The van der Waals surface area contributed by atoms with Gasteiger partial charge in [0.15, 0.2) is 11.6 Å². The second-order valence-electron chi connectivity index (χ2n) is 8.80. The number of fused-ring (bicyclic) bond motifs is 1. The molecule has 10 heteroatoms. The molecule has 2 aliphatic heterocycles. The predicted molar refractivity (Wildman–Crippen MR) is 128 cm³/mol. The number of aromatic nitrogens is 5. The van der Waals surface area contributed by atoms with Crippen LogP contribution in [0.15, 0.2) is 59.3 Å². The molecule has 1 fully saturated rings. The number of nitrogens with zero attached hydrogens (tertiary/aromatic N) is 6. The summed E-state index contributed by atoms with van der Waals surface area (Å²) in [6.45, 7) is 1.40. The third-order valence-electron chi connectivity index (χ3n) is 6.48. The van der Waals surface area contributed by atoms with Crippen molar-refractivity contribution in [2.75, 3.05) is 18.0 Å². The Balaban J connectivity index is 1.11. The number of anilines is 1. The molecule has 0 unspecified atom stereocenters. The van der Waals surface area contributed by atoms with E-state index >= 15 is 0 Å². The van der Waals surface area contributed by atoms with Gasteiger partial charge in [-0.05, 0) is 35.9 Å². The molecule has 176 valence electrons. The van der Waals surface area contributed by atoms with Crippen LogP contribution in [0.2, 0.25) is 5.02 Å². The van der Waals surface area contributed by atoms with E-state index in [0.29, 0.717) is 72.6 Å². The Kier molecular flexibility index (Phi) is 5.41. The number of halogens is 1. The minimum atomic E-state index is -0.507. The van der Waals surface area contributed by atoms with Crippen LogP contribution in [0.5, 0.6) is 5.75 Å². The molecule has 0 aliphatic carbocycles. The van der Waals surface area contributed by atoms with Gasteiger partial charge in [-0.3, -0.25) is 9.78 Å². The first-order chi connectivity index (χ1) is 17.1. The third kappa shape index (κ3) is 4.23. The highest BCUT2D eigenvalue weighted by Crippen LogP contribution is 2.42. The first kappa shape index (κ1) is 21.7. The fraction of sp³-hybridized carbons (Fsp3) is 0.280. The van der Waals surface area contributed by atoms with Crippen molar-refractivity contribution in [1.82, 2.24) is 25.4 Å². The van der Waals surface area contributed by atoms with E-state index in [0.717, 1.165) is 11.4 Å². The van der Waals surface area contributed by atoms with Crippen molar-refractivity contribution in [2.24, 2.45) is 0 Å². The molecule has 0 saturated carbocycles. The van der Waals surface area contributed by atoms with Crippen molar-refractivity contribution < 1.29 is 13.9 Å². The number of Topliss-reactive ketones (excluding diaryl/α,β-unsaturated/α-hetero) is 1. The van der Waals surface area contributed by atoms with Crippen molar-refractivity contribution >= 4 is 23.2 Å². The maximum atomic E-state index is 12.8. The van der Waals surface area contributed by atoms with Crippen molar-refractivity contribution in [3.63, 3.8) is 0 Å². The highest BCUT2D eigenvalue weighted by atomic mass is 35.5.